The number of hydrogen-bond donors (Lipinski definition) is 1. The molecule has 0 bridgehead atoms. The van der Waals surface area contributed by atoms with Gasteiger partial charge in [-0.05, 0) is 26.3 Å². The molecule has 1 aromatic carbocycles. The van der Waals surface area contributed by atoms with Crippen LogP contribution in [-0.2, 0) is 30.4 Å². The number of benzene rings is 1. The minimum absolute atomic E-state index is 0.0853. The van der Waals surface area contributed by atoms with Crippen molar-refractivity contribution in [1.82, 2.24) is 5.32 Å². The second-order valence-corrected chi connectivity index (χ2v) is 6.05. The lowest BCUT2D eigenvalue weighted by Crippen LogP contribution is -2.41. The topological polar surface area (TPSA) is 90.9 Å². The van der Waals surface area contributed by atoms with Crippen molar-refractivity contribution >= 4 is 18.0 Å². The van der Waals surface area contributed by atoms with Gasteiger partial charge >= 0.3 is 18.0 Å². The van der Waals surface area contributed by atoms with Gasteiger partial charge in [-0.1, -0.05) is 30.3 Å². The van der Waals surface area contributed by atoms with E-state index in [-0.39, 0.29) is 13.2 Å². The summed E-state index contributed by atoms with van der Waals surface area (Å²) < 4.78 is 14.7. The van der Waals surface area contributed by atoms with Crippen molar-refractivity contribution in [1.29, 1.82) is 0 Å². The maximum atomic E-state index is 12.0. The zero-order valence-corrected chi connectivity index (χ0v) is 14.3. The lowest BCUT2D eigenvalue weighted by molar-refractivity contribution is -0.167. The van der Waals surface area contributed by atoms with E-state index in [0.717, 1.165) is 12.7 Å². The SMILES string of the molecule is COC(=O)[C@H](CNC(=O)OCc1ccccc1)C(=O)OC(C)(C)C. The second kappa shape index (κ2) is 8.90. The Kier molecular flexibility index (Phi) is 7.23. The van der Waals surface area contributed by atoms with Crippen LogP contribution in [0.25, 0.3) is 0 Å². The average Bonchev–Trinajstić information content (AvgIpc) is 2.52. The van der Waals surface area contributed by atoms with E-state index >= 15 is 0 Å². The summed E-state index contributed by atoms with van der Waals surface area (Å²) in [6, 6.07) is 9.13. The first kappa shape index (κ1) is 19.5. The van der Waals surface area contributed by atoms with Crippen LogP contribution in [0.15, 0.2) is 30.3 Å². The zero-order chi connectivity index (χ0) is 18.2. The Labute approximate surface area is 141 Å². The predicted molar refractivity (Wildman–Crippen MR) is 86.0 cm³/mol. The molecule has 0 saturated heterocycles. The maximum Gasteiger partial charge on any atom is 0.407 e. The second-order valence-electron chi connectivity index (χ2n) is 6.05. The molecule has 1 aromatic rings. The van der Waals surface area contributed by atoms with E-state index in [4.69, 9.17) is 9.47 Å². The number of carbonyl (C=O) groups excluding carboxylic acids is 3. The largest absolute Gasteiger partial charge is 0.468 e. The van der Waals surface area contributed by atoms with E-state index in [1.54, 1.807) is 20.8 Å². The summed E-state index contributed by atoms with van der Waals surface area (Å²) in [5.74, 6) is -2.80. The summed E-state index contributed by atoms with van der Waals surface area (Å²) in [5, 5.41) is 2.37. The highest BCUT2D eigenvalue weighted by atomic mass is 16.6. The molecule has 1 atom stereocenters. The first-order chi connectivity index (χ1) is 11.2. The molecule has 1 N–H and O–H groups in total. The van der Waals surface area contributed by atoms with Gasteiger partial charge in [0.05, 0.1) is 7.11 Å². The van der Waals surface area contributed by atoms with Gasteiger partial charge in [0.2, 0.25) is 0 Å². The fourth-order valence-electron chi connectivity index (χ4n) is 1.74. The van der Waals surface area contributed by atoms with Gasteiger partial charge in [-0.15, -0.1) is 0 Å². The predicted octanol–water partition coefficient (Wildman–Crippen LogP) is 2.04. The number of ether oxygens (including phenoxy) is 3. The fourth-order valence-corrected chi connectivity index (χ4v) is 1.74. The van der Waals surface area contributed by atoms with Crippen molar-refractivity contribution in [2.75, 3.05) is 13.7 Å². The Morgan fingerprint density at radius 1 is 1.08 bits per heavy atom. The standard InChI is InChI=1S/C17H23NO6/c1-17(2,3)24-15(20)13(14(19)22-4)10-18-16(21)23-11-12-8-6-5-7-9-12/h5-9,13H,10-11H2,1-4H3,(H,18,21)/t13-/m0/s1. The number of esters is 2. The smallest absolute Gasteiger partial charge is 0.407 e. The van der Waals surface area contributed by atoms with Gasteiger partial charge in [0.1, 0.15) is 12.2 Å². The number of nitrogens with one attached hydrogen (secondary N) is 1. The summed E-state index contributed by atoms with van der Waals surface area (Å²) >= 11 is 0. The van der Waals surface area contributed by atoms with Gasteiger partial charge in [-0.3, -0.25) is 9.59 Å². The van der Waals surface area contributed by atoms with E-state index in [9.17, 15) is 14.4 Å². The van der Waals surface area contributed by atoms with Crippen LogP contribution in [0.4, 0.5) is 4.79 Å². The molecule has 0 spiro atoms. The summed E-state index contributed by atoms with van der Waals surface area (Å²) in [5.41, 5.74) is 0.0706. The third kappa shape index (κ3) is 7.13. The third-order valence-corrected chi connectivity index (χ3v) is 2.84. The number of methoxy groups -OCH3 is 1. The molecule has 0 aliphatic carbocycles. The van der Waals surface area contributed by atoms with Crippen LogP contribution >= 0.6 is 0 Å². The summed E-state index contributed by atoms with van der Waals surface area (Å²) in [7, 11) is 1.16. The van der Waals surface area contributed by atoms with Gasteiger partial charge < -0.3 is 19.5 Å². The molecule has 24 heavy (non-hydrogen) atoms. The van der Waals surface area contributed by atoms with Gasteiger partial charge in [-0.25, -0.2) is 4.79 Å². The molecule has 0 aromatic heterocycles. The van der Waals surface area contributed by atoms with Crippen molar-refractivity contribution in [3.8, 4) is 0 Å². The van der Waals surface area contributed by atoms with Crippen molar-refractivity contribution < 1.29 is 28.6 Å². The molecule has 0 aliphatic heterocycles. The first-order valence-corrected chi connectivity index (χ1v) is 7.48. The number of amides is 1. The Balaban J connectivity index is 2.53. The fraction of sp³-hybridized carbons (Fsp3) is 0.471. The van der Waals surface area contributed by atoms with Gasteiger partial charge in [0.25, 0.3) is 0 Å². The average molecular weight is 337 g/mol. The molecule has 7 heteroatoms. The molecular weight excluding hydrogens is 314 g/mol. The Morgan fingerprint density at radius 3 is 2.25 bits per heavy atom. The number of rotatable bonds is 6. The van der Waals surface area contributed by atoms with Gasteiger partial charge in [0, 0.05) is 6.54 Å². The molecule has 0 heterocycles. The van der Waals surface area contributed by atoms with E-state index < -0.39 is 29.6 Å². The summed E-state index contributed by atoms with van der Waals surface area (Å²) in [6.45, 7) is 4.86. The minimum Gasteiger partial charge on any atom is -0.468 e. The monoisotopic (exact) mass is 337 g/mol. The van der Waals surface area contributed by atoms with E-state index in [0.29, 0.717) is 0 Å². The molecule has 0 unspecified atom stereocenters. The van der Waals surface area contributed by atoms with Crippen LogP contribution in [0, 0.1) is 5.92 Å². The molecule has 0 saturated carbocycles. The number of hydrogen-bond acceptors (Lipinski definition) is 6. The molecule has 0 radical (unpaired) electrons. The lowest BCUT2D eigenvalue weighted by Gasteiger charge is -2.23. The molecule has 132 valence electrons. The maximum absolute atomic E-state index is 12.0. The van der Waals surface area contributed by atoms with E-state index in [1.165, 1.54) is 0 Å². The third-order valence-electron chi connectivity index (χ3n) is 2.84. The van der Waals surface area contributed by atoms with Crippen molar-refractivity contribution in [3.05, 3.63) is 35.9 Å². The van der Waals surface area contributed by atoms with Crippen LogP contribution in [0.3, 0.4) is 0 Å². The Hall–Kier alpha value is -2.57. The summed E-state index contributed by atoms with van der Waals surface area (Å²) in [6.07, 6.45) is -0.740. The lowest BCUT2D eigenvalue weighted by atomic mass is 10.1. The van der Waals surface area contributed by atoms with Crippen LogP contribution in [0.5, 0.6) is 0 Å². The van der Waals surface area contributed by atoms with Gasteiger partial charge in [0.15, 0.2) is 5.92 Å². The quantitative estimate of drug-likeness (QED) is 0.485. The van der Waals surface area contributed by atoms with Crippen LogP contribution < -0.4 is 5.32 Å². The minimum atomic E-state index is -1.25. The van der Waals surface area contributed by atoms with Crippen LogP contribution in [-0.4, -0.2) is 37.3 Å². The number of carbonyl (C=O) groups is 3. The Bertz CT molecular complexity index is 564. The van der Waals surface area contributed by atoms with E-state index in [1.807, 2.05) is 30.3 Å². The highest BCUT2D eigenvalue weighted by molar-refractivity contribution is 5.95. The van der Waals surface area contributed by atoms with Crippen LogP contribution in [0.2, 0.25) is 0 Å². The van der Waals surface area contributed by atoms with E-state index in [2.05, 4.69) is 10.1 Å². The molecular formula is C17H23NO6. The zero-order valence-electron chi connectivity index (χ0n) is 14.3. The number of alkyl carbamates (subject to hydrolysis) is 1. The van der Waals surface area contributed by atoms with Gasteiger partial charge in [-0.2, -0.15) is 0 Å². The molecule has 1 amide bonds. The highest BCUT2D eigenvalue weighted by Gasteiger charge is 2.32. The molecule has 0 fully saturated rings. The van der Waals surface area contributed by atoms with Crippen molar-refractivity contribution in [2.45, 2.75) is 33.0 Å². The molecule has 1 rings (SSSR count). The summed E-state index contributed by atoms with van der Waals surface area (Å²) in [4.78, 5) is 35.5. The normalized spacial score (nSPS) is 12.0. The van der Waals surface area contributed by atoms with Crippen molar-refractivity contribution in [3.63, 3.8) is 0 Å². The first-order valence-electron chi connectivity index (χ1n) is 7.48. The molecule has 7 nitrogen and oxygen atoms in total. The Morgan fingerprint density at radius 2 is 1.71 bits per heavy atom. The van der Waals surface area contributed by atoms with Crippen molar-refractivity contribution in [2.24, 2.45) is 5.92 Å². The highest BCUT2D eigenvalue weighted by Crippen LogP contribution is 2.12. The van der Waals surface area contributed by atoms with Crippen LogP contribution in [0.1, 0.15) is 26.3 Å². The molecule has 0 aliphatic rings.